The van der Waals surface area contributed by atoms with E-state index in [2.05, 4.69) is 18.7 Å². The second kappa shape index (κ2) is 5.68. The van der Waals surface area contributed by atoms with Gasteiger partial charge in [-0.25, -0.2) is 0 Å². The van der Waals surface area contributed by atoms with E-state index in [1.807, 2.05) is 0 Å². The Morgan fingerprint density at radius 3 is 2.29 bits per heavy atom. The van der Waals surface area contributed by atoms with Crippen LogP contribution in [-0.2, 0) is 0 Å². The normalized spacial score (nSPS) is 24.4. The number of nitrogens with two attached hydrogens (primary N) is 1. The van der Waals surface area contributed by atoms with Crippen molar-refractivity contribution in [1.82, 2.24) is 4.90 Å². The average Bonchev–Trinajstić information content (AvgIpc) is 3.17. The number of nitrogens with zero attached hydrogens (tertiary/aromatic N) is 1. The van der Waals surface area contributed by atoms with Gasteiger partial charge < -0.3 is 10.8 Å². The van der Waals surface area contributed by atoms with Crippen LogP contribution < -0.4 is 5.73 Å². The Morgan fingerprint density at radius 2 is 1.88 bits per heavy atom. The fraction of sp³-hybridized carbons (Fsp3) is 1.00. The van der Waals surface area contributed by atoms with Gasteiger partial charge in [0.25, 0.3) is 0 Å². The van der Waals surface area contributed by atoms with Crippen LogP contribution in [0.5, 0.6) is 0 Å². The zero-order valence-electron chi connectivity index (χ0n) is 11.3. The summed E-state index contributed by atoms with van der Waals surface area (Å²) in [6, 6.07) is 1.09. The Kier molecular flexibility index (Phi) is 4.45. The lowest BCUT2D eigenvalue weighted by molar-refractivity contribution is 0.0871. The molecule has 3 N–H and O–H groups in total. The topological polar surface area (TPSA) is 49.5 Å². The maximum atomic E-state index is 9.66. The first-order chi connectivity index (χ1) is 8.13. The maximum Gasteiger partial charge on any atom is 0.0602 e. The summed E-state index contributed by atoms with van der Waals surface area (Å²) in [6.45, 7) is 5.86. The second-order valence-corrected chi connectivity index (χ2v) is 6.32. The fourth-order valence-corrected chi connectivity index (χ4v) is 2.68. The highest BCUT2D eigenvalue weighted by Crippen LogP contribution is 2.37. The monoisotopic (exact) mass is 240 g/mol. The Hall–Kier alpha value is -0.120. The predicted octanol–water partition coefficient (Wildman–Crippen LogP) is 1.60. The third-order valence-electron chi connectivity index (χ3n) is 4.20. The van der Waals surface area contributed by atoms with Gasteiger partial charge in [-0.05, 0) is 50.5 Å². The zero-order chi connectivity index (χ0) is 12.4. The van der Waals surface area contributed by atoms with Crippen molar-refractivity contribution in [3.63, 3.8) is 0 Å². The molecule has 2 aliphatic rings. The highest BCUT2D eigenvalue weighted by molar-refractivity contribution is 4.97. The summed E-state index contributed by atoms with van der Waals surface area (Å²) in [6.07, 6.45) is 6.34. The van der Waals surface area contributed by atoms with Crippen LogP contribution in [0.3, 0.4) is 0 Å². The molecule has 17 heavy (non-hydrogen) atoms. The lowest BCUT2D eigenvalue weighted by Crippen LogP contribution is -2.52. The van der Waals surface area contributed by atoms with E-state index < -0.39 is 0 Å². The van der Waals surface area contributed by atoms with E-state index in [-0.39, 0.29) is 18.7 Å². The minimum atomic E-state index is 0.188. The van der Waals surface area contributed by atoms with Crippen molar-refractivity contribution < 1.29 is 5.11 Å². The molecule has 0 spiro atoms. The number of aliphatic hydroxyl groups excluding tert-OH is 1. The smallest absolute Gasteiger partial charge is 0.0602 e. The van der Waals surface area contributed by atoms with E-state index in [1.165, 1.54) is 32.1 Å². The zero-order valence-corrected chi connectivity index (χ0v) is 11.3. The molecule has 0 heterocycles. The minimum Gasteiger partial charge on any atom is -0.395 e. The van der Waals surface area contributed by atoms with Crippen molar-refractivity contribution >= 4 is 0 Å². The molecule has 3 heteroatoms. The van der Waals surface area contributed by atoms with E-state index >= 15 is 0 Å². The van der Waals surface area contributed by atoms with Crippen LogP contribution in [0.25, 0.3) is 0 Å². The third-order valence-corrected chi connectivity index (χ3v) is 4.20. The number of hydrogen-bond donors (Lipinski definition) is 2. The molecule has 0 aromatic rings. The van der Waals surface area contributed by atoms with Crippen LogP contribution in [0.1, 0.15) is 46.0 Å². The van der Waals surface area contributed by atoms with Gasteiger partial charge in [-0.15, -0.1) is 0 Å². The molecular formula is C14H28N2O. The highest BCUT2D eigenvalue weighted by Gasteiger charge is 2.41. The molecule has 2 unspecified atom stereocenters. The third kappa shape index (κ3) is 3.67. The molecule has 0 radical (unpaired) electrons. The molecule has 2 fully saturated rings. The fourth-order valence-electron chi connectivity index (χ4n) is 2.68. The molecule has 100 valence electrons. The van der Waals surface area contributed by atoms with Crippen LogP contribution in [0, 0.1) is 11.8 Å². The van der Waals surface area contributed by atoms with Gasteiger partial charge in [-0.2, -0.15) is 0 Å². The van der Waals surface area contributed by atoms with Crippen LogP contribution in [0.15, 0.2) is 0 Å². The summed E-state index contributed by atoms with van der Waals surface area (Å²) in [4.78, 5) is 2.50. The van der Waals surface area contributed by atoms with Gasteiger partial charge in [0.2, 0.25) is 0 Å². The van der Waals surface area contributed by atoms with Gasteiger partial charge >= 0.3 is 0 Å². The van der Waals surface area contributed by atoms with Crippen LogP contribution in [0.4, 0.5) is 0 Å². The minimum absolute atomic E-state index is 0.188. The van der Waals surface area contributed by atoms with Crippen molar-refractivity contribution in [1.29, 1.82) is 0 Å². The summed E-state index contributed by atoms with van der Waals surface area (Å²) in [7, 11) is 0. The van der Waals surface area contributed by atoms with E-state index in [1.54, 1.807) is 0 Å². The van der Waals surface area contributed by atoms with Crippen molar-refractivity contribution in [2.75, 3.05) is 13.2 Å². The van der Waals surface area contributed by atoms with Crippen molar-refractivity contribution in [3.05, 3.63) is 0 Å². The predicted molar refractivity (Wildman–Crippen MR) is 70.8 cm³/mol. The first-order valence-corrected chi connectivity index (χ1v) is 7.25. The SMILES string of the molecule is CC(C)CCN(C1CC1)C(CO)C(N)C1CC1. The first kappa shape index (κ1) is 13.3. The summed E-state index contributed by atoms with van der Waals surface area (Å²) < 4.78 is 0. The molecule has 2 aliphatic carbocycles. The maximum absolute atomic E-state index is 9.66. The molecule has 2 rings (SSSR count). The number of hydrogen-bond acceptors (Lipinski definition) is 3. The second-order valence-electron chi connectivity index (χ2n) is 6.32. The Morgan fingerprint density at radius 1 is 1.24 bits per heavy atom. The highest BCUT2D eigenvalue weighted by atomic mass is 16.3. The molecule has 2 atom stereocenters. The lowest BCUT2D eigenvalue weighted by atomic mass is 10.0. The molecule has 0 aliphatic heterocycles. The Bertz CT molecular complexity index is 236. The molecule has 2 saturated carbocycles. The van der Waals surface area contributed by atoms with Crippen LogP contribution in [0.2, 0.25) is 0 Å². The average molecular weight is 240 g/mol. The van der Waals surface area contributed by atoms with E-state index in [0.717, 1.165) is 12.5 Å². The molecule has 0 aromatic carbocycles. The molecule has 0 amide bonds. The molecule has 0 aromatic heterocycles. The summed E-state index contributed by atoms with van der Waals surface area (Å²) >= 11 is 0. The summed E-state index contributed by atoms with van der Waals surface area (Å²) in [5.41, 5.74) is 6.30. The van der Waals surface area contributed by atoms with Crippen LogP contribution in [-0.4, -0.2) is 41.3 Å². The van der Waals surface area contributed by atoms with E-state index in [4.69, 9.17) is 5.73 Å². The molecule has 0 saturated heterocycles. The Labute approximate surface area is 105 Å². The number of rotatable bonds is 8. The van der Waals surface area contributed by atoms with Gasteiger partial charge in [0.05, 0.1) is 6.61 Å². The number of aliphatic hydroxyl groups is 1. The Balaban J connectivity index is 1.91. The van der Waals surface area contributed by atoms with Gasteiger partial charge in [-0.3, -0.25) is 4.90 Å². The quantitative estimate of drug-likeness (QED) is 0.677. The molecule has 3 nitrogen and oxygen atoms in total. The lowest BCUT2D eigenvalue weighted by Gasteiger charge is -2.35. The van der Waals surface area contributed by atoms with Crippen molar-refractivity contribution in [3.8, 4) is 0 Å². The largest absolute Gasteiger partial charge is 0.395 e. The van der Waals surface area contributed by atoms with Gasteiger partial charge in [0, 0.05) is 18.1 Å². The first-order valence-electron chi connectivity index (χ1n) is 7.25. The van der Waals surface area contributed by atoms with Crippen molar-refractivity contribution in [2.45, 2.75) is 64.1 Å². The van der Waals surface area contributed by atoms with Crippen LogP contribution >= 0.6 is 0 Å². The summed E-state index contributed by atoms with van der Waals surface area (Å²) in [5, 5.41) is 9.66. The standard InChI is InChI=1S/C14H28N2O/c1-10(2)7-8-16(12-5-6-12)13(9-17)14(15)11-3-4-11/h10-14,17H,3-9,15H2,1-2H3. The van der Waals surface area contributed by atoms with E-state index in [0.29, 0.717) is 12.0 Å². The van der Waals surface area contributed by atoms with Gasteiger partial charge in [0.1, 0.15) is 0 Å². The molecular weight excluding hydrogens is 212 g/mol. The summed E-state index contributed by atoms with van der Waals surface area (Å²) in [5.74, 6) is 1.40. The van der Waals surface area contributed by atoms with Crippen molar-refractivity contribution in [2.24, 2.45) is 17.6 Å². The van der Waals surface area contributed by atoms with E-state index in [9.17, 15) is 5.11 Å². The molecule has 0 bridgehead atoms. The van der Waals surface area contributed by atoms with Gasteiger partial charge in [-0.1, -0.05) is 13.8 Å². The van der Waals surface area contributed by atoms with Gasteiger partial charge in [0.15, 0.2) is 0 Å².